The molecule has 2 fully saturated rings. The smallest absolute Gasteiger partial charge is 0.225 e. The van der Waals surface area contributed by atoms with Gasteiger partial charge in [0.05, 0.1) is 19.6 Å². The van der Waals surface area contributed by atoms with Crippen molar-refractivity contribution in [2.24, 2.45) is 5.92 Å². The number of benzene rings is 2. The molecule has 0 bridgehead atoms. The maximum absolute atomic E-state index is 13.5. The Morgan fingerprint density at radius 1 is 1.11 bits per heavy atom. The normalized spacial score (nSPS) is 20.8. The van der Waals surface area contributed by atoms with Crippen molar-refractivity contribution < 1.29 is 19.1 Å². The first-order valence-corrected chi connectivity index (χ1v) is 13.8. The number of carbonyl (C=O) groups is 2. The predicted molar refractivity (Wildman–Crippen MR) is 146 cm³/mol. The monoisotopic (exact) mass is 526 g/mol. The van der Waals surface area contributed by atoms with E-state index in [0.717, 1.165) is 36.8 Å². The lowest BCUT2D eigenvalue weighted by atomic mass is 9.93. The first-order chi connectivity index (χ1) is 17.8. The van der Waals surface area contributed by atoms with Gasteiger partial charge in [0, 0.05) is 31.1 Å². The van der Waals surface area contributed by atoms with Crippen molar-refractivity contribution in [3.8, 4) is 5.75 Å². The molecule has 1 saturated carbocycles. The number of nitrogens with zero attached hydrogens (tertiary/aromatic N) is 2. The molecular weight excluding hydrogens is 488 g/mol. The van der Waals surface area contributed by atoms with Crippen molar-refractivity contribution in [1.82, 2.24) is 9.80 Å². The van der Waals surface area contributed by atoms with Gasteiger partial charge in [-0.3, -0.25) is 9.59 Å². The van der Waals surface area contributed by atoms with Gasteiger partial charge in [-0.25, -0.2) is 0 Å². The molecule has 1 heterocycles. The molecule has 6 nitrogen and oxygen atoms in total. The first kappa shape index (κ1) is 27.5. The van der Waals surface area contributed by atoms with Gasteiger partial charge in [-0.05, 0) is 49.1 Å². The van der Waals surface area contributed by atoms with E-state index in [-0.39, 0.29) is 30.8 Å². The second-order valence-electron chi connectivity index (χ2n) is 10.6. The lowest BCUT2D eigenvalue weighted by molar-refractivity contribution is -0.168. The van der Waals surface area contributed by atoms with E-state index in [1.807, 2.05) is 61.3 Å². The molecule has 1 saturated heterocycles. The summed E-state index contributed by atoms with van der Waals surface area (Å²) in [5.74, 6) is 0.891. The zero-order valence-electron chi connectivity index (χ0n) is 22.1. The Labute approximate surface area is 225 Å². The van der Waals surface area contributed by atoms with Crippen LogP contribution in [0.15, 0.2) is 48.5 Å². The van der Waals surface area contributed by atoms with Crippen molar-refractivity contribution in [2.75, 3.05) is 33.4 Å². The van der Waals surface area contributed by atoms with Gasteiger partial charge in [-0.15, -0.1) is 0 Å². The van der Waals surface area contributed by atoms with Crippen LogP contribution in [0.4, 0.5) is 0 Å². The van der Waals surface area contributed by atoms with Crippen molar-refractivity contribution >= 4 is 23.4 Å². The summed E-state index contributed by atoms with van der Waals surface area (Å²) in [6.07, 6.45) is 6.64. The molecule has 37 heavy (non-hydrogen) atoms. The maximum Gasteiger partial charge on any atom is 0.225 e. The minimum Gasteiger partial charge on any atom is -0.490 e. The molecule has 0 aromatic heterocycles. The van der Waals surface area contributed by atoms with Crippen LogP contribution in [0.5, 0.6) is 5.75 Å². The highest BCUT2D eigenvalue weighted by Gasteiger charge is 2.43. The number of aryl methyl sites for hydroxylation is 1. The predicted octanol–water partition coefficient (Wildman–Crippen LogP) is 5.64. The van der Waals surface area contributed by atoms with Crippen molar-refractivity contribution in [3.63, 3.8) is 0 Å². The molecule has 1 atom stereocenters. The Kier molecular flexibility index (Phi) is 9.49. The van der Waals surface area contributed by atoms with E-state index in [4.69, 9.17) is 21.1 Å². The number of hydrogen-bond donors (Lipinski definition) is 0. The van der Waals surface area contributed by atoms with Crippen LogP contribution in [-0.4, -0.2) is 60.6 Å². The Hall–Kier alpha value is -2.57. The molecule has 0 N–H and O–H groups in total. The molecule has 0 radical (unpaired) electrons. The fourth-order valence-corrected chi connectivity index (χ4v) is 5.46. The van der Waals surface area contributed by atoms with E-state index in [9.17, 15) is 9.59 Å². The van der Waals surface area contributed by atoms with Crippen LogP contribution in [-0.2, 0) is 20.9 Å². The van der Waals surface area contributed by atoms with Crippen LogP contribution in [0.2, 0.25) is 5.02 Å². The van der Waals surface area contributed by atoms with Gasteiger partial charge < -0.3 is 19.3 Å². The first-order valence-electron chi connectivity index (χ1n) is 13.4. The summed E-state index contributed by atoms with van der Waals surface area (Å²) in [5.41, 5.74) is 1.06. The number of hydrogen-bond acceptors (Lipinski definition) is 4. The van der Waals surface area contributed by atoms with Crippen LogP contribution in [0.25, 0.3) is 0 Å². The fourth-order valence-electron chi connectivity index (χ4n) is 5.34. The van der Waals surface area contributed by atoms with Gasteiger partial charge in [0.15, 0.2) is 0 Å². The van der Waals surface area contributed by atoms with E-state index in [0.29, 0.717) is 37.0 Å². The molecule has 4 rings (SSSR count). The molecule has 1 aliphatic carbocycles. The number of amides is 2. The zero-order chi connectivity index (χ0) is 26.3. The Morgan fingerprint density at radius 3 is 2.54 bits per heavy atom. The third-order valence-corrected chi connectivity index (χ3v) is 7.98. The summed E-state index contributed by atoms with van der Waals surface area (Å²) < 4.78 is 12.5. The number of rotatable bonds is 8. The molecule has 1 aliphatic heterocycles. The minimum absolute atomic E-state index is 0.0384. The Balaban J connectivity index is 1.50. The summed E-state index contributed by atoms with van der Waals surface area (Å²) in [6.45, 7) is 3.89. The molecule has 2 aromatic carbocycles. The van der Waals surface area contributed by atoms with Gasteiger partial charge in [0.1, 0.15) is 18.0 Å². The van der Waals surface area contributed by atoms with Crippen LogP contribution < -0.4 is 4.74 Å². The van der Waals surface area contributed by atoms with Crippen LogP contribution in [0.3, 0.4) is 0 Å². The molecule has 2 aliphatic rings. The van der Waals surface area contributed by atoms with E-state index < -0.39 is 5.60 Å². The van der Waals surface area contributed by atoms with E-state index in [1.54, 1.807) is 11.0 Å². The van der Waals surface area contributed by atoms with Crippen LogP contribution in [0, 0.1) is 12.8 Å². The Bertz CT molecular complexity index is 1050. The number of carbonyl (C=O) groups excluding carboxylic acids is 2. The lowest BCUT2D eigenvalue weighted by Crippen LogP contribution is -2.59. The standard InChI is InChI=1S/C30H39ClN2O4/c1-23-18-26(14-15-27(23)31)36-22-30(19-28(34)32(2)20-24-10-6-5-7-11-24)21-33(16-17-37-30)29(35)25-12-8-3-4-9-13-25/h5-7,10-11,14-15,18,25H,3-4,8-9,12-13,16-17,19-22H2,1-2H3/t30-/m1/s1. The van der Waals surface area contributed by atoms with E-state index >= 15 is 0 Å². The van der Waals surface area contributed by atoms with Gasteiger partial charge in [-0.1, -0.05) is 67.6 Å². The zero-order valence-corrected chi connectivity index (χ0v) is 22.8. The van der Waals surface area contributed by atoms with E-state index in [2.05, 4.69) is 0 Å². The second kappa shape index (κ2) is 12.8. The van der Waals surface area contributed by atoms with Gasteiger partial charge >= 0.3 is 0 Å². The average molecular weight is 527 g/mol. The minimum atomic E-state index is -0.922. The third-order valence-electron chi connectivity index (χ3n) is 7.56. The maximum atomic E-state index is 13.5. The molecular formula is C30H39ClN2O4. The largest absolute Gasteiger partial charge is 0.490 e. The van der Waals surface area contributed by atoms with Gasteiger partial charge in [-0.2, -0.15) is 0 Å². The molecule has 2 aromatic rings. The van der Waals surface area contributed by atoms with Gasteiger partial charge in [0.25, 0.3) is 0 Å². The fraction of sp³-hybridized carbons (Fsp3) is 0.533. The summed E-state index contributed by atoms with van der Waals surface area (Å²) in [5, 5.41) is 0.675. The summed E-state index contributed by atoms with van der Waals surface area (Å²) in [6, 6.07) is 15.4. The average Bonchev–Trinajstić information content (AvgIpc) is 3.19. The van der Waals surface area contributed by atoms with Crippen LogP contribution in [0.1, 0.15) is 56.1 Å². The molecule has 0 unspecified atom stereocenters. The molecule has 200 valence electrons. The number of halogens is 1. The highest BCUT2D eigenvalue weighted by molar-refractivity contribution is 6.31. The SMILES string of the molecule is Cc1cc(OC[C@@]2(CC(=O)N(C)Cc3ccccc3)CN(C(=O)C3CCCCCC3)CCO2)ccc1Cl. The van der Waals surface area contributed by atoms with Crippen molar-refractivity contribution in [1.29, 1.82) is 0 Å². The Morgan fingerprint density at radius 2 is 1.84 bits per heavy atom. The van der Waals surface area contributed by atoms with Gasteiger partial charge in [0.2, 0.25) is 11.8 Å². The second-order valence-corrected chi connectivity index (χ2v) is 11.0. The highest BCUT2D eigenvalue weighted by atomic mass is 35.5. The van der Waals surface area contributed by atoms with Crippen molar-refractivity contribution in [3.05, 3.63) is 64.7 Å². The summed E-state index contributed by atoms with van der Waals surface area (Å²) >= 11 is 6.19. The molecule has 7 heteroatoms. The van der Waals surface area contributed by atoms with Crippen molar-refractivity contribution in [2.45, 2.75) is 64.0 Å². The lowest BCUT2D eigenvalue weighted by Gasteiger charge is -2.43. The summed E-state index contributed by atoms with van der Waals surface area (Å²) in [7, 11) is 1.81. The number of ether oxygens (including phenoxy) is 2. The van der Waals surface area contributed by atoms with Crippen LogP contribution >= 0.6 is 11.6 Å². The topological polar surface area (TPSA) is 59.1 Å². The van der Waals surface area contributed by atoms with E-state index in [1.165, 1.54) is 12.8 Å². The summed E-state index contributed by atoms with van der Waals surface area (Å²) in [4.78, 5) is 30.6. The molecule has 0 spiro atoms. The highest BCUT2D eigenvalue weighted by Crippen LogP contribution is 2.30. The third kappa shape index (κ3) is 7.48. The number of morpholine rings is 1. The quantitative estimate of drug-likeness (QED) is 0.417. The molecule has 2 amide bonds.